The maximum atomic E-state index is 4.27. The third-order valence-electron chi connectivity index (χ3n) is 9.98. The van der Waals surface area contributed by atoms with Gasteiger partial charge in [0.25, 0.3) is 0 Å². The fourth-order valence-corrected chi connectivity index (χ4v) is 8.08. The highest BCUT2D eigenvalue weighted by Crippen LogP contribution is 2.54. The lowest BCUT2D eigenvalue weighted by atomic mass is 9.59. The van der Waals surface area contributed by atoms with Gasteiger partial charge in [0.1, 0.15) is 0 Å². The number of rotatable bonds is 5. The fourth-order valence-electron chi connectivity index (χ4n) is 8.08. The molecule has 5 aliphatic carbocycles. The summed E-state index contributed by atoms with van der Waals surface area (Å²) in [5.74, 6) is 3.31. The van der Waals surface area contributed by atoms with E-state index in [1.807, 2.05) is 0 Å². The quantitative estimate of drug-likeness (QED) is 0.308. The molecule has 1 atom stereocenters. The van der Waals surface area contributed by atoms with Crippen molar-refractivity contribution in [2.75, 3.05) is 0 Å². The van der Waals surface area contributed by atoms with Crippen LogP contribution in [0.15, 0.2) is 66.8 Å². The maximum Gasteiger partial charge on any atom is 0.000174 e. The second-order valence-electron chi connectivity index (χ2n) is 13.0. The van der Waals surface area contributed by atoms with Crippen molar-refractivity contribution in [1.82, 2.24) is 0 Å². The Labute approximate surface area is 229 Å². The van der Waals surface area contributed by atoms with Crippen LogP contribution in [0.2, 0.25) is 0 Å². The topological polar surface area (TPSA) is 0 Å². The van der Waals surface area contributed by atoms with Crippen LogP contribution < -0.4 is 0 Å². The van der Waals surface area contributed by atoms with Crippen LogP contribution in [0.5, 0.6) is 0 Å². The van der Waals surface area contributed by atoms with Gasteiger partial charge in [-0.05, 0) is 144 Å². The van der Waals surface area contributed by atoms with Crippen molar-refractivity contribution in [1.29, 1.82) is 0 Å². The molecule has 8 rings (SSSR count). The molecule has 1 unspecified atom stereocenters. The molecule has 0 amide bonds. The number of hydrogen-bond donors (Lipinski definition) is 0. The van der Waals surface area contributed by atoms with Crippen molar-refractivity contribution in [3.05, 3.63) is 111 Å². The van der Waals surface area contributed by atoms with Gasteiger partial charge in [-0.15, -0.1) is 0 Å². The van der Waals surface area contributed by atoms with Crippen molar-refractivity contribution >= 4 is 17.2 Å². The van der Waals surface area contributed by atoms with Crippen molar-refractivity contribution in [3.8, 4) is 11.1 Å². The zero-order valence-corrected chi connectivity index (χ0v) is 23.5. The Morgan fingerprint density at radius 1 is 0.895 bits per heavy atom. The highest BCUT2D eigenvalue weighted by Gasteiger charge is 2.41. The lowest BCUT2D eigenvalue weighted by Crippen LogP contribution is -2.34. The Morgan fingerprint density at radius 3 is 2.32 bits per heavy atom. The summed E-state index contributed by atoms with van der Waals surface area (Å²) in [4.78, 5) is 0. The average Bonchev–Trinajstić information content (AvgIpc) is 3.45. The summed E-state index contributed by atoms with van der Waals surface area (Å²) < 4.78 is 0. The monoisotopic (exact) mass is 496 g/mol. The van der Waals surface area contributed by atoms with Gasteiger partial charge in [-0.2, -0.15) is 0 Å². The molecular weight excluding hydrogens is 456 g/mol. The lowest BCUT2D eigenvalue weighted by Gasteiger charge is -2.46. The van der Waals surface area contributed by atoms with E-state index in [1.165, 1.54) is 81.3 Å². The van der Waals surface area contributed by atoms with Crippen LogP contribution in [0.25, 0.3) is 28.3 Å². The second-order valence-corrected chi connectivity index (χ2v) is 13.0. The standard InChI is InChI=1S/C38H40/c1-22(2)12-34-24(4)13-31-19-30(21-36(31)38(34)28-8-6-23(3)7-9-28)29-10-11-33-25(5)14-35(37(33)20-29)32-17-26-15-27(16-26)18-32/h6-11,13-14,19-20,25-27,32H,1,12,15-18,21H2,2-5H3. The molecule has 0 aliphatic heterocycles. The van der Waals surface area contributed by atoms with Gasteiger partial charge < -0.3 is 0 Å². The van der Waals surface area contributed by atoms with E-state index in [-0.39, 0.29) is 0 Å². The minimum atomic E-state index is 0.544. The van der Waals surface area contributed by atoms with Gasteiger partial charge in [0.05, 0.1) is 0 Å². The SMILES string of the molecule is C=C(C)Cc1c(C)cc2c(c1-c1ccc(C)cc1)CC(c1ccc3c(c1)C(C1CC4CC(C4)C1)=CC3C)=C2. The maximum absolute atomic E-state index is 4.27. The molecule has 3 saturated carbocycles. The van der Waals surface area contributed by atoms with E-state index in [4.69, 9.17) is 0 Å². The molecule has 2 bridgehead atoms. The van der Waals surface area contributed by atoms with Gasteiger partial charge in [0.15, 0.2) is 0 Å². The molecule has 192 valence electrons. The Balaban J connectivity index is 1.27. The van der Waals surface area contributed by atoms with Crippen LogP contribution in [-0.4, -0.2) is 0 Å². The van der Waals surface area contributed by atoms with Crippen molar-refractivity contribution < 1.29 is 0 Å². The van der Waals surface area contributed by atoms with Crippen LogP contribution >= 0.6 is 0 Å². The zero-order valence-electron chi connectivity index (χ0n) is 23.5. The highest BCUT2D eigenvalue weighted by atomic mass is 14.5. The van der Waals surface area contributed by atoms with Gasteiger partial charge in [-0.3, -0.25) is 0 Å². The summed E-state index contributed by atoms with van der Waals surface area (Å²) in [5, 5.41) is 0. The van der Waals surface area contributed by atoms with E-state index in [0.717, 1.165) is 30.6 Å². The first-order chi connectivity index (χ1) is 18.3. The molecule has 5 aliphatic rings. The third-order valence-corrected chi connectivity index (χ3v) is 9.98. The zero-order chi connectivity index (χ0) is 26.1. The van der Waals surface area contributed by atoms with E-state index in [1.54, 1.807) is 16.7 Å². The lowest BCUT2D eigenvalue weighted by molar-refractivity contribution is 0.0894. The smallest absolute Gasteiger partial charge is 0.000174 e. The molecule has 0 spiro atoms. The molecule has 0 heteroatoms. The predicted octanol–water partition coefficient (Wildman–Crippen LogP) is 10.1. The minimum Gasteiger partial charge on any atom is -0.0998 e. The molecule has 3 aromatic carbocycles. The van der Waals surface area contributed by atoms with E-state index < -0.39 is 0 Å². The van der Waals surface area contributed by atoms with Crippen LogP contribution in [0, 0.1) is 31.6 Å². The van der Waals surface area contributed by atoms with Crippen LogP contribution in [0.4, 0.5) is 0 Å². The fraction of sp³-hybridized carbons (Fsp3) is 0.368. The average molecular weight is 497 g/mol. The summed E-state index contributed by atoms with van der Waals surface area (Å²) in [5.41, 5.74) is 18.7. The summed E-state index contributed by atoms with van der Waals surface area (Å²) in [7, 11) is 0. The van der Waals surface area contributed by atoms with Crippen LogP contribution in [0.1, 0.15) is 90.0 Å². The minimum absolute atomic E-state index is 0.544. The first kappa shape index (κ1) is 24.0. The Hall–Kier alpha value is -3.12. The number of hydrogen-bond acceptors (Lipinski definition) is 0. The normalized spacial score (nSPS) is 24.8. The third kappa shape index (κ3) is 3.96. The van der Waals surface area contributed by atoms with Crippen LogP contribution in [-0.2, 0) is 12.8 Å². The second kappa shape index (κ2) is 8.98. The first-order valence-corrected chi connectivity index (χ1v) is 14.8. The van der Waals surface area contributed by atoms with Crippen molar-refractivity contribution in [2.45, 2.75) is 72.1 Å². The Morgan fingerprint density at radius 2 is 1.61 bits per heavy atom. The molecular formula is C38H40. The van der Waals surface area contributed by atoms with E-state index >= 15 is 0 Å². The predicted molar refractivity (Wildman–Crippen MR) is 163 cm³/mol. The van der Waals surface area contributed by atoms with Gasteiger partial charge >= 0.3 is 0 Å². The largest absolute Gasteiger partial charge is 0.0998 e. The van der Waals surface area contributed by atoms with Crippen molar-refractivity contribution in [3.63, 3.8) is 0 Å². The number of allylic oxidation sites excluding steroid dienone is 4. The Bertz CT molecular complexity index is 1510. The van der Waals surface area contributed by atoms with Crippen molar-refractivity contribution in [2.24, 2.45) is 17.8 Å². The van der Waals surface area contributed by atoms with Gasteiger partial charge in [-0.25, -0.2) is 0 Å². The first-order valence-electron chi connectivity index (χ1n) is 14.8. The molecule has 0 heterocycles. The molecule has 3 aromatic rings. The van der Waals surface area contributed by atoms with E-state index in [9.17, 15) is 0 Å². The van der Waals surface area contributed by atoms with E-state index in [0.29, 0.717) is 5.92 Å². The number of aryl methyl sites for hydroxylation is 2. The highest BCUT2D eigenvalue weighted by molar-refractivity contribution is 5.94. The van der Waals surface area contributed by atoms with Gasteiger partial charge in [-0.1, -0.05) is 79.3 Å². The summed E-state index contributed by atoms with van der Waals surface area (Å²) in [6, 6.07) is 18.9. The molecule has 0 saturated heterocycles. The molecule has 0 aromatic heterocycles. The molecule has 0 radical (unpaired) electrons. The summed E-state index contributed by atoms with van der Waals surface area (Å²) in [6.07, 6.45) is 12.8. The van der Waals surface area contributed by atoms with Gasteiger partial charge in [0, 0.05) is 5.92 Å². The molecule has 0 N–H and O–H groups in total. The number of benzene rings is 3. The van der Waals surface area contributed by atoms with Crippen LogP contribution in [0.3, 0.4) is 0 Å². The molecule has 0 nitrogen and oxygen atoms in total. The van der Waals surface area contributed by atoms with Gasteiger partial charge in [0.2, 0.25) is 0 Å². The summed E-state index contributed by atoms with van der Waals surface area (Å²) >= 11 is 0. The summed E-state index contributed by atoms with van der Waals surface area (Å²) in [6.45, 7) is 13.3. The van der Waals surface area contributed by atoms with E-state index in [2.05, 4.69) is 95.0 Å². The molecule has 38 heavy (non-hydrogen) atoms. The Kier molecular flexibility index (Phi) is 5.66. The number of fused-ring (bicyclic) bond motifs is 4. The molecule has 3 fully saturated rings.